The van der Waals surface area contributed by atoms with Gasteiger partial charge in [-0.05, 0) is 42.3 Å². The summed E-state index contributed by atoms with van der Waals surface area (Å²) in [6.07, 6.45) is 1.89. The maximum absolute atomic E-state index is 5.65. The molecule has 0 spiro atoms. The predicted molar refractivity (Wildman–Crippen MR) is 149 cm³/mol. The van der Waals surface area contributed by atoms with E-state index in [1.165, 1.54) is 11.1 Å². The molecule has 0 aliphatic heterocycles. The summed E-state index contributed by atoms with van der Waals surface area (Å²) in [4.78, 5) is 8.79. The van der Waals surface area contributed by atoms with E-state index in [1.54, 1.807) is 14.2 Å². The quantitative estimate of drug-likeness (QED) is 0.171. The molecule has 1 aromatic heterocycles. The van der Waals surface area contributed by atoms with Gasteiger partial charge in [-0.15, -0.1) is 24.0 Å². The fraction of sp³-hybridized carbons (Fsp3) is 0.231. The van der Waals surface area contributed by atoms with E-state index in [4.69, 9.17) is 9.47 Å². The lowest BCUT2D eigenvalue weighted by Crippen LogP contribution is -2.30. The Balaban J connectivity index is 0.00000324. The summed E-state index contributed by atoms with van der Waals surface area (Å²) < 4.78 is 13.2. The van der Waals surface area contributed by atoms with Gasteiger partial charge in [0.15, 0.2) is 17.5 Å². The average Bonchev–Trinajstić information content (AvgIpc) is 3.26. The van der Waals surface area contributed by atoms with Gasteiger partial charge in [0.1, 0.15) is 0 Å². The highest BCUT2D eigenvalue weighted by atomic mass is 127. The summed E-state index contributed by atoms with van der Waals surface area (Å²) in [5.74, 6) is 2.08. The molecule has 0 fully saturated rings. The van der Waals surface area contributed by atoms with Crippen LogP contribution in [0.15, 0.2) is 78.0 Å². The van der Waals surface area contributed by atoms with Crippen molar-refractivity contribution < 1.29 is 9.47 Å². The van der Waals surface area contributed by atoms with Gasteiger partial charge in [-0.25, -0.2) is 4.98 Å². The van der Waals surface area contributed by atoms with E-state index >= 15 is 0 Å². The largest absolute Gasteiger partial charge is 0.493 e. The van der Waals surface area contributed by atoms with E-state index in [0.717, 1.165) is 23.3 Å². The summed E-state index contributed by atoms with van der Waals surface area (Å²) in [7, 11) is 3.38. The van der Waals surface area contributed by atoms with Gasteiger partial charge < -0.3 is 24.7 Å². The summed E-state index contributed by atoms with van der Waals surface area (Å²) in [5, 5.41) is 6.66. The number of para-hydroxylation sites is 2. The van der Waals surface area contributed by atoms with Gasteiger partial charge in [0.25, 0.3) is 0 Å². The monoisotopic (exact) mass is 571 g/mol. The van der Waals surface area contributed by atoms with Gasteiger partial charge in [0.2, 0.25) is 0 Å². The number of aromatic nitrogens is 2. The van der Waals surface area contributed by atoms with Crippen molar-refractivity contribution in [2.45, 2.75) is 20.0 Å². The summed E-state index contributed by atoms with van der Waals surface area (Å²) in [5.41, 5.74) is 5.43. The Morgan fingerprint density at radius 3 is 2.50 bits per heavy atom. The molecule has 1 heterocycles. The van der Waals surface area contributed by atoms with Crippen molar-refractivity contribution in [2.24, 2.45) is 4.99 Å². The molecule has 8 heteroatoms. The molecule has 0 radical (unpaired) electrons. The van der Waals surface area contributed by atoms with E-state index < -0.39 is 0 Å². The van der Waals surface area contributed by atoms with Crippen LogP contribution in [-0.2, 0) is 13.1 Å². The Morgan fingerprint density at radius 1 is 1.00 bits per heavy atom. The van der Waals surface area contributed by atoms with Crippen molar-refractivity contribution in [2.75, 3.05) is 26.1 Å². The molecule has 0 saturated heterocycles. The van der Waals surface area contributed by atoms with Crippen LogP contribution in [0.25, 0.3) is 11.0 Å². The number of imidazole rings is 1. The van der Waals surface area contributed by atoms with Gasteiger partial charge in [-0.1, -0.05) is 36.4 Å². The lowest BCUT2D eigenvalue weighted by Gasteiger charge is -2.15. The second kappa shape index (κ2) is 12.3. The van der Waals surface area contributed by atoms with Gasteiger partial charge in [0, 0.05) is 31.9 Å². The van der Waals surface area contributed by atoms with Crippen molar-refractivity contribution >= 4 is 46.7 Å². The van der Waals surface area contributed by atoms with Crippen LogP contribution in [-0.4, -0.2) is 36.3 Å². The molecule has 0 amide bonds. The molecule has 0 bridgehead atoms. The van der Waals surface area contributed by atoms with Crippen LogP contribution in [0, 0.1) is 0 Å². The molecule has 3 aromatic carbocycles. The Hall–Kier alpha value is -3.27. The lowest BCUT2D eigenvalue weighted by molar-refractivity contribution is 0.311. The molecule has 34 heavy (non-hydrogen) atoms. The van der Waals surface area contributed by atoms with E-state index in [-0.39, 0.29) is 24.0 Å². The highest BCUT2D eigenvalue weighted by Gasteiger charge is 2.07. The fourth-order valence-electron chi connectivity index (χ4n) is 3.62. The number of nitrogens with zero attached hydrogens (tertiary/aromatic N) is 3. The predicted octanol–water partition coefficient (Wildman–Crippen LogP) is 5.30. The third-order valence-electron chi connectivity index (χ3n) is 5.31. The van der Waals surface area contributed by atoms with E-state index in [0.29, 0.717) is 30.6 Å². The van der Waals surface area contributed by atoms with Crippen molar-refractivity contribution in [1.82, 2.24) is 14.9 Å². The molecule has 0 unspecified atom stereocenters. The van der Waals surface area contributed by atoms with E-state index in [1.807, 2.05) is 49.6 Å². The molecule has 0 aliphatic rings. The van der Waals surface area contributed by atoms with Crippen LogP contribution in [0.5, 0.6) is 11.5 Å². The van der Waals surface area contributed by atoms with E-state index in [9.17, 15) is 0 Å². The van der Waals surface area contributed by atoms with Crippen LogP contribution in [0.1, 0.15) is 18.1 Å². The normalized spacial score (nSPS) is 11.1. The molecular formula is C26H30IN5O2. The summed E-state index contributed by atoms with van der Waals surface area (Å²) >= 11 is 0. The number of halogens is 1. The second-order valence-electron chi connectivity index (χ2n) is 7.53. The number of nitrogens with one attached hydrogen (secondary N) is 2. The maximum Gasteiger partial charge on any atom is 0.195 e. The number of benzene rings is 3. The summed E-state index contributed by atoms with van der Waals surface area (Å²) in [6.45, 7) is 3.96. The van der Waals surface area contributed by atoms with Crippen molar-refractivity contribution in [3.8, 4) is 11.5 Å². The minimum absolute atomic E-state index is 0. The third kappa shape index (κ3) is 6.19. The number of fused-ring (bicyclic) bond motifs is 1. The number of guanidine groups is 1. The standard InChI is InChI=1S/C26H29N5O2.HI/c1-4-33-25-15-21(13-14-24(25)32-3)30-26(27-2)28-16-19-9-11-20(12-10-19)17-31-18-29-22-7-5-6-8-23(22)31;/h5-15,18H,4,16-17H2,1-3H3,(H2,27,28,30);1H. The van der Waals surface area contributed by atoms with Gasteiger partial charge in [0.05, 0.1) is 31.1 Å². The number of methoxy groups -OCH3 is 1. The molecule has 0 atom stereocenters. The zero-order chi connectivity index (χ0) is 23.0. The van der Waals surface area contributed by atoms with Crippen molar-refractivity contribution in [3.63, 3.8) is 0 Å². The third-order valence-corrected chi connectivity index (χ3v) is 5.31. The average molecular weight is 571 g/mol. The Morgan fingerprint density at radius 2 is 1.76 bits per heavy atom. The number of aliphatic imine (C=N–C) groups is 1. The number of hydrogen-bond donors (Lipinski definition) is 2. The first-order valence-corrected chi connectivity index (χ1v) is 11.0. The maximum atomic E-state index is 5.65. The highest BCUT2D eigenvalue weighted by molar-refractivity contribution is 14.0. The highest BCUT2D eigenvalue weighted by Crippen LogP contribution is 2.30. The van der Waals surface area contributed by atoms with Crippen LogP contribution in [0.3, 0.4) is 0 Å². The second-order valence-corrected chi connectivity index (χ2v) is 7.53. The first-order valence-electron chi connectivity index (χ1n) is 11.0. The summed E-state index contributed by atoms with van der Waals surface area (Å²) in [6, 6.07) is 22.5. The smallest absolute Gasteiger partial charge is 0.195 e. The number of anilines is 1. The molecule has 0 aliphatic carbocycles. The zero-order valence-corrected chi connectivity index (χ0v) is 21.9. The number of rotatable bonds is 8. The van der Waals surface area contributed by atoms with Gasteiger partial charge in [-0.2, -0.15) is 0 Å². The Bertz CT molecular complexity index is 1240. The van der Waals surface area contributed by atoms with Crippen LogP contribution in [0.2, 0.25) is 0 Å². The SMILES string of the molecule is CCOc1cc(NC(=NC)NCc2ccc(Cn3cnc4ccccc43)cc2)ccc1OC.I. The Labute approximate surface area is 217 Å². The van der Waals surface area contributed by atoms with Gasteiger partial charge in [-0.3, -0.25) is 4.99 Å². The topological polar surface area (TPSA) is 72.7 Å². The first-order chi connectivity index (χ1) is 16.2. The van der Waals surface area contributed by atoms with Crippen molar-refractivity contribution in [1.29, 1.82) is 0 Å². The zero-order valence-electron chi connectivity index (χ0n) is 19.6. The Kier molecular flexibility index (Phi) is 9.15. The molecular weight excluding hydrogens is 541 g/mol. The molecule has 178 valence electrons. The number of ether oxygens (including phenoxy) is 2. The van der Waals surface area contributed by atoms with Crippen molar-refractivity contribution in [3.05, 3.63) is 84.2 Å². The minimum Gasteiger partial charge on any atom is -0.493 e. The molecule has 7 nitrogen and oxygen atoms in total. The molecule has 0 saturated carbocycles. The molecule has 2 N–H and O–H groups in total. The fourth-order valence-corrected chi connectivity index (χ4v) is 3.62. The lowest BCUT2D eigenvalue weighted by atomic mass is 10.1. The van der Waals surface area contributed by atoms with Crippen LogP contribution < -0.4 is 20.1 Å². The van der Waals surface area contributed by atoms with Gasteiger partial charge >= 0.3 is 0 Å². The first kappa shape index (κ1) is 25.4. The minimum atomic E-state index is 0. The molecule has 4 aromatic rings. The number of hydrogen-bond acceptors (Lipinski definition) is 4. The van der Waals surface area contributed by atoms with E-state index in [2.05, 4.69) is 55.5 Å². The molecule has 4 rings (SSSR count). The van der Waals surface area contributed by atoms with Crippen LogP contribution >= 0.6 is 24.0 Å². The van der Waals surface area contributed by atoms with Crippen LogP contribution in [0.4, 0.5) is 5.69 Å².